The number of sulfonamides is 1. The van der Waals surface area contributed by atoms with Crippen molar-refractivity contribution in [3.05, 3.63) is 54.6 Å². The predicted octanol–water partition coefficient (Wildman–Crippen LogP) is 2.66. The first-order valence-electron chi connectivity index (χ1n) is 6.87. The lowest BCUT2D eigenvalue weighted by molar-refractivity contribution is 0.216. The molecule has 8 heteroatoms. The Morgan fingerprint density at radius 3 is 2.04 bits per heavy atom. The highest BCUT2D eigenvalue weighted by Crippen LogP contribution is 2.48. The molecule has 0 spiro atoms. The summed E-state index contributed by atoms with van der Waals surface area (Å²) in [6, 6.07) is 13.9. The number of nitrogens with two attached hydrogens (primary N) is 1. The monoisotopic (exact) mass is 355 g/mol. The van der Waals surface area contributed by atoms with Crippen LogP contribution in [0.5, 0.6) is 5.75 Å². The average molecular weight is 355 g/mol. The fourth-order valence-electron chi connectivity index (χ4n) is 1.85. The number of benzene rings is 2. The van der Waals surface area contributed by atoms with Crippen molar-refractivity contribution >= 4 is 22.9 Å². The highest BCUT2D eigenvalue weighted by atomic mass is 32.2. The minimum atomic E-state index is -3.79. The van der Waals surface area contributed by atoms with Crippen molar-refractivity contribution in [3.8, 4) is 5.75 Å². The topological polar surface area (TPSA) is 95.7 Å². The molecular formula is C15H18NO5PS. The maximum Gasteiger partial charge on any atom is 0.410 e. The Balaban J connectivity index is 2.34. The van der Waals surface area contributed by atoms with Gasteiger partial charge >= 0.3 is 7.60 Å². The van der Waals surface area contributed by atoms with Crippen LogP contribution in [0, 0.1) is 0 Å². The van der Waals surface area contributed by atoms with Gasteiger partial charge in [0.15, 0.2) is 0 Å². The number of rotatable bonds is 6. The first-order valence-corrected chi connectivity index (χ1v) is 9.96. The van der Waals surface area contributed by atoms with Crippen LogP contribution in [-0.4, -0.2) is 14.5 Å². The van der Waals surface area contributed by atoms with Crippen LogP contribution in [0.1, 0.15) is 13.8 Å². The van der Waals surface area contributed by atoms with E-state index in [0.717, 1.165) is 0 Å². The Hall–Kier alpha value is -1.66. The largest absolute Gasteiger partial charge is 0.421 e. The molecule has 0 aliphatic rings. The molecule has 0 saturated carbocycles. The molecule has 0 radical (unpaired) electrons. The molecular weight excluding hydrogens is 337 g/mol. The summed E-state index contributed by atoms with van der Waals surface area (Å²) in [5, 5.41) is 5.46. The van der Waals surface area contributed by atoms with Crippen molar-refractivity contribution in [2.24, 2.45) is 5.14 Å². The second kappa shape index (κ2) is 6.84. The summed E-state index contributed by atoms with van der Waals surface area (Å²) >= 11 is 0. The van der Waals surface area contributed by atoms with Gasteiger partial charge in [-0.25, -0.2) is 18.1 Å². The number of primary sulfonamides is 1. The van der Waals surface area contributed by atoms with Gasteiger partial charge in [0.1, 0.15) is 5.75 Å². The Labute approximate surface area is 135 Å². The van der Waals surface area contributed by atoms with Gasteiger partial charge in [-0.15, -0.1) is 0 Å². The summed E-state index contributed by atoms with van der Waals surface area (Å²) in [4.78, 5) is -0.0517. The molecule has 1 atom stereocenters. The van der Waals surface area contributed by atoms with Crippen molar-refractivity contribution in [1.29, 1.82) is 0 Å². The molecule has 0 bridgehead atoms. The third-order valence-corrected chi connectivity index (χ3v) is 5.81. The van der Waals surface area contributed by atoms with Crippen LogP contribution in [0.3, 0.4) is 0 Å². The van der Waals surface area contributed by atoms with Crippen LogP contribution in [0.2, 0.25) is 0 Å². The zero-order chi connectivity index (χ0) is 17.1. The van der Waals surface area contributed by atoms with Crippen molar-refractivity contribution in [1.82, 2.24) is 0 Å². The van der Waals surface area contributed by atoms with Crippen LogP contribution < -0.4 is 15.0 Å². The van der Waals surface area contributed by atoms with E-state index in [9.17, 15) is 13.0 Å². The maximum absolute atomic E-state index is 13.1. The van der Waals surface area contributed by atoms with Crippen LogP contribution in [0.25, 0.3) is 0 Å². The first-order chi connectivity index (χ1) is 10.7. The SMILES string of the molecule is CC(C)OP(=O)(Oc1ccc(S(N)(=O)=O)cc1)c1ccccc1. The Bertz CT molecular complexity index is 804. The van der Waals surface area contributed by atoms with E-state index in [4.69, 9.17) is 14.2 Å². The standard InChI is InChI=1S/C15H18NO5PS/c1-12(2)20-22(17,14-6-4-3-5-7-14)21-13-8-10-15(11-9-13)23(16,18)19/h3-12H,1-2H3,(H2,16,18,19). The van der Waals surface area contributed by atoms with Crippen molar-refractivity contribution < 1.29 is 22.0 Å². The van der Waals surface area contributed by atoms with Gasteiger partial charge in [0, 0.05) is 0 Å². The van der Waals surface area contributed by atoms with Crippen LogP contribution in [0.15, 0.2) is 59.5 Å². The molecule has 0 aliphatic carbocycles. The minimum absolute atomic E-state index is 0.0517. The maximum atomic E-state index is 13.1. The molecule has 1 unspecified atom stereocenters. The molecule has 2 aromatic carbocycles. The second-order valence-corrected chi connectivity index (χ2v) is 8.56. The van der Waals surface area contributed by atoms with E-state index >= 15 is 0 Å². The zero-order valence-electron chi connectivity index (χ0n) is 12.7. The summed E-state index contributed by atoms with van der Waals surface area (Å²) in [7, 11) is -7.38. The van der Waals surface area contributed by atoms with Crippen molar-refractivity contribution in [2.75, 3.05) is 0 Å². The van der Waals surface area contributed by atoms with E-state index < -0.39 is 17.6 Å². The lowest BCUT2D eigenvalue weighted by atomic mass is 10.3. The Morgan fingerprint density at radius 2 is 1.57 bits per heavy atom. The van der Waals surface area contributed by atoms with Gasteiger partial charge < -0.3 is 4.52 Å². The zero-order valence-corrected chi connectivity index (χ0v) is 14.5. The van der Waals surface area contributed by atoms with Gasteiger partial charge in [0.2, 0.25) is 10.0 Å². The minimum Gasteiger partial charge on any atom is -0.421 e. The molecule has 2 aromatic rings. The molecule has 0 amide bonds. The van der Waals surface area contributed by atoms with E-state index in [1.165, 1.54) is 24.3 Å². The van der Waals surface area contributed by atoms with Crippen molar-refractivity contribution in [3.63, 3.8) is 0 Å². The number of hydrogen-bond donors (Lipinski definition) is 1. The summed E-state index contributed by atoms with van der Waals surface area (Å²) in [6.07, 6.45) is -0.315. The van der Waals surface area contributed by atoms with Gasteiger partial charge in [-0.3, -0.25) is 4.52 Å². The second-order valence-electron chi connectivity index (χ2n) is 5.09. The van der Waals surface area contributed by atoms with E-state index in [2.05, 4.69) is 0 Å². The molecule has 0 fully saturated rings. The molecule has 6 nitrogen and oxygen atoms in total. The van der Waals surface area contributed by atoms with E-state index in [1.807, 2.05) is 0 Å². The van der Waals surface area contributed by atoms with Gasteiger partial charge in [-0.1, -0.05) is 18.2 Å². The first kappa shape index (κ1) is 17.7. The third kappa shape index (κ3) is 4.65. The molecule has 0 aliphatic heterocycles. The molecule has 2 N–H and O–H groups in total. The molecule has 124 valence electrons. The Kier molecular flexibility index (Phi) is 5.26. The summed E-state index contributed by atoms with van der Waals surface area (Å²) < 4.78 is 46.7. The fraction of sp³-hybridized carbons (Fsp3) is 0.200. The normalized spacial score (nSPS) is 14.4. The van der Waals surface area contributed by atoms with Gasteiger partial charge in [-0.05, 0) is 50.2 Å². The van der Waals surface area contributed by atoms with Gasteiger partial charge in [0.25, 0.3) is 0 Å². The summed E-state index contributed by atoms with van der Waals surface area (Å²) in [5.74, 6) is 0.227. The number of hydrogen-bond acceptors (Lipinski definition) is 5. The highest BCUT2D eigenvalue weighted by Gasteiger charge is 2.30. The highest BCUT2D eigenvalue weighted by molar-refractivity contribution is 7.89. The van der Waals surface area contributed by atoms with Crippen LogP contribution in [-0.2, 0) is 19.1 Å². The van der Waals surface area contributed by atoms with Gasteiger partial charge in [0.05, 0.1) is 16.3 Å². The predicted molar refractivity (Wildman–Crippen MR) is 88.3 cm³/mol. The molecule has 2 rings (SSSR count). The smallest absolute Gasteiger partial charge is 0.410 e. The molecule has 23 heavy (non-hydrogen) atoms. The van der Waals surface area contributed by atoms with Crippen LogP contribution >= 0.6 is 7.60 Å². The third-order valence-electron chi connectivity index (χ3n) is 2.80. The lowest BCUT2D eigenvalue weighted by Crippen LogP contribution is -2.16. The average Bonchev–Trinajstić information content (AvgIpc) is 2.47. The molecule has 0 heterocycles. The van der Waals surface area contributed by atoms with E-state index in [-0.39, 0.29) is 16.7 Å². The van der Waals surface area contributed by atoms with Crippen LogP contribution in [0.4, 0.5) is 0 Å². The van der Waals surface area contributed by atoms with E-state index in [0.29, 0.717) is 5.30 Å². The molecule has 0 aromatic heterocycles. The lowest BCUT2D eigenvalue weighted by Gasteiger charge is -2.21. The summed E-state index contributed by atoms with van der Waals surface area (Å²) in [5.41, 5.74) is 0. The Morgan fingerprint density at radius 1 is 1.00 bits per heavy atom. The summed E-state index contributed by atoms with van der Waals surface area (Å²) in [6.45, 7) is 3.51. The fourth-order valence-corrected chi connectivity index (χ4v) is 4.13. The van der Waals surface area contributed by atoms with Crippen molar-refractivity contribution in [2.45, 2.75) is 24.8 Å². The van der Waals surface area contributed by atoms with Gasteiger partial charge in [-0.2, -0.15) is 0 Å². The van der Waals surface area contributed by atoms with E-state index in [1.54, 1.807) is 44.2 Å². The molecule has 0 saturated heterocycles. The quantitative estimate of drug-likeness (QED) is 0.804.